The number of nitrogens with zero attached hydrogens (tertiary/aromatic N) is 1. The predicted molar refractivity (Wildman–Crippen MR) is 111 cm³/mol. The Morgan fingerprint density at radius 2 is 0.951 bits per heavy atom. The molecule has 0 aliphatic heterocycles. The van der Waals surface area contributed by atoms with Crippen molar-refractivity contribution in [3.8, 4) is 0 Å². The standard InChI is InChI=1S/C12H10F16O3S.C8H20N/c13-5(3-1-2-4-6(14,15)16)7(17,18)8(19,20)9(21,22)10(23,24)11(25,26)12(27,28)32(29,30)31;1-5-9(6-2,7-3)8-4/h5H,1-4H2,(H,29,30,31);5-8H2,1-4H3/q;+1/p-1. The summed E-state index contributed by atoms with van der Waals surface area (Å²) in [6.07, 6.45) is -16.2. The summed E-state index contributed by atoms with van der Waals surface area (Å²) < 4.78 is 239. The highest BCUT2D eigenvalue weighted by molar-refractivity contribution is 7.86. The minimum atomic E-state index is -8.40. The van der Waals surface area contributed by atoms with Crippen LogP contribution in [0, 0.1) is 0 Å². The summed E-state index contributed by atoms with van der Waals surface area (Å²) in [5.74, 6) is -40.0. The molecule has 0 bridgehead atoms. The van der Waals surface area contributed by atoms with Crippen molar-refractivity contribution in [1.82, 2.24) is 0 Å². The summed E-state index contributed by atoms with van der Waals surface area (Å²) in [7, 11) is -7.97. The molecule has 1 atom stereocenters. The maximum Gasteiger partial charge on any atom is 0.402 e. The average molecular weight is 667 g/mol. The largest absolute Gasteiger partial charge is 0.743 e. The van der Waals surface area contributed by atoms with Crippen LogP contribution in [0.1, 0.15) is 53.4 Å². The summed E-state index contributed by atoms with van der Waals surface area (Å²) in [4.78, 5) is 0. The Morgan fingerprint density at radius 3 is 1.22 bits per heavy atom. The van der Waals surface area contributed by atoms with Gasteiger partial charge < -0.3 is 9.04 Å². The van der Waals surface area contributed by atoms with Gasteiger partial charge in [-0.15, -0.1) is 0 Å². The van der Waals surface area contributed by atoms with E-state index in [0.717, 1.165) is 0 Å². The molecule has 0 aromatic heterocycles. The van der Waals surface area contributed by atoms with Gasteiger partial charge in [0.25, 0.3) is 0 Å². The van der Waals surface area contributed by atoms with Crippen LogP contribution in [0.15, 0.2) is 0 Å². The normalized spacial score (nSPS) is 15.8. The number of unbranched alkanes of at least 4 members (excludes halogenated alkanes) is 1. The van der Waals surface area contributed by atoms with Gasteiger partial charge in [-0.3, -0.25) is 0 Å². The lowest BCUT2D eigenvalue weighted by Crippen LogP contribution is -2.72. The van der Waals surface area contributed by atoms with Crippen molar-refractivity contribution in [3.63, 3.8) is 0 Å². The van der Waals surface area contributed by atoms with E-state index in [1.54, 1.807) is 0 Å². The molecule has 0 aliphatic rings. The maximum absolute atomic E-state index is 13.4. The number of quaternary nitrogens is 1. The van der Waals surface area contributed by atoms with Crippen LogP contribution < -0.4 is 0 Å². The van der Waals surface area contributed by atoms with Crippen molar-refractivity contribution in [3.05, 3.63) is 0 Å². The van der Waals surface area contributed by atoms with E-state index in [-0.39, 0.29) is 0 Å². The Kier molecular flexibility index (Phi) is 13.9. The molecule has 0 rings (SSSR count). The average Bonchev–Trinajstić information content (AvgIpc) is 2.82. The smallest absolute Gasteiger partial charge is 0.402 e. The van der Waals surface area contributed by atoms with Gasteiger partial charge >= 0.3 is 41.0 Å². The molecular formula is C20H29F16NO3S. The zero-order valence-corrected chi connectivity index (χ0v) is 22.7. The van der Waals surface area contributed by atoms with E-state index >= 15 is 0 Å². The third-order valence-corrected chi connectivity index (χ3v) is 7.41. The Morgan fingerprint density at radius 1 is 0.610 bits per heavy atom. The molecule has 41 heavy (non-hydrogen) atoms. The number of alkyl halides is 16. The number of halogens is 16. The topological polar surface area (TPSA) is 57.2 Å². The Hall–Kier alpha value is -1.25. The lowest BCUT2D eigenvalue weighted by atomic mass is 9.90. The molecule has 0 N–H and O–H groups in total. The fourth-order valence-electron chi connectivity index (χ4n) is 3.31. The van der Waals surface area contributed by atoms with Crippen LogP contribution in [-0.4, -0.2) is 90.8 Å². The van der Waals surface area contributed by atoms with Gasteiger partial charge in [-0.25, -0.2) is 12.8 Å². The fraction of sp³-hybridized carbons (Fsp3) is 1.00. The summed E-state index contributed by atoms with van der Waals surface area (Å²) in [6.45, 7) is 14.2. The van der Waals surface area contributed by atoms with Crippen LogP contribution in [0.5, 0.6) is 0 Å². The summed E-state index contributed by atoms with van der Waals surface area (Å²) in [5, 5.41) is -7.73. The second-order valence-electron chi connectivity index (χ2n) is 8.83. The van der Waals surface area contributed by atoms with Gasteiger partial charge in [0.15, 0.2) is 16.3 Å². The zero-order valence-electron chi connectivity index (χ0n) is 21.9. The van der Waals surface area contributed by atoms with Gasteiger partial charge in [-0.05, 0) is 47.0 Å². The molecule has 0 aromatic rings. The van der Waals surface area contributed by atoms with E-state index in [1.165, 1.54) is 30.7 Å². The molecule has 21 heteroatoms. The first-order chi connectivity index (χ1) is 17.9. The number of hydrogen-bond donors (Lipinski definition) is 0. The van der Waals surface area contributed by atoms with E-state index in [0.29, 0.717) is 0 Å². The first-order valence-corrected chi connectivity index (χ1v) is 13.1. The van der Waals surface area contributed by atoms with Crippen molar-refractivity contribution in [2.24, 2.45) is 0 Å². The van der Waals surface area contributed by atoms with Crippen molar-refractivity contribution >= 4 is 10.1 Å². The van der Waals surface area contributed by atoms with Crippen LogP contribution in [0.2, 0.25) is 0 Å². The van der Waals surface area contributed by atoms with Crippen LogP contribution in [0.25, 0.3) is 0 Å². The van der Waals surface area contributed by atoms with Crippen molar-refractivity contribution in [2.45, 2.75) is 101 Å². The highest BCUT2D eigenvalue weighted by Crippen LogP contribution is 2.61. The van der Waals surface area contributed by atoms with Gasteiger partial charge in [0.1, 0.15) is 0 Å². The van der Waals surface area contributed by atoms with Gasteiger partial charge in [0, 0.05) is 6.42 Å². The number of rotatable bonds is 15. The quantitative estimate of drug-likeness (QED) is 0.0781. The molecular weight excluding hydrogens is 638 g/mol. The van der Waals surface area contributed by atoms with Crippen LogP contribution in [0.3, 0.4) is 0 Å². The van der Waals surface area contributed by atoms with Gasteiger partial charge in [-0.2, -0.15) is 65.9 Å². The van der Waals surface area contributed by atoms with E-state index in [1.807, 2.05) is 0 Å². The molecule has 0 saturated carbocycles. The first kappa shape index (κ1) is 41.9. The summed E-state index contributed by atoms with van der Waals surface area (Å²) >= 11 is 0. The summed E-state index contributed by atoms with van der Waals surface area (Å²) in [5.41, 5.74) is 0. The Bertz CT molecular complexity index is 900. The van der Waals surface area contributed by atoms with E-state index in [2.05, 4.69) is 27.7 Å². The Balaban J connectivity index is 0. The second-order valence-corrected chi connectivity index (χ2v) is 10.2. The molecule has 0 heterocycles. The molecule has 1 unspecified atom stereocenters. The van der Waals surface area contributed by atoms with Gasteiger partial charge in [-0.1, -0.05) is 0 Å². The molecule has 0 spiro atoms. The highest BCUT2D eigenvalue weighted by Gasteiger charge is 2.91. The lowest BCUT2D eigenvalue weighted by Gasteiger charge is -2.42. The van der Waals surface area contributed by atoms with Crippen LogP contribution >= 0.6 is 0 Å². The molecule has 0 radical (unpaired) electrons. The highest BCUT2D eigenvalue weighted by atomic mass is 32.2. The molecule has 250 valence electrons. The molecule has 0 saturated heterocycles. The van der Waals surface area contributed by atoms with E-state index in [9.17, 15) is 83.2 Å². The second kappa shape index (κ2) is 13.6. The maximum atomic E-state index is 13.4. The number of hydrogen-bond acceptors (Lipinski definition) is 3. The van der Waals surface area contributed by atoms with Crippen molar-refractivity contribution in [2.75, 3.05) is 26.2 Å². The van der Waals surface area contributed by atoms with E-state index in [4.69, 9.17) is 0 Å². The molecule has 4 nitrogen and oxygen atoms in total. The predicted octanol–water partition coefficient (Wildman–Crippen LogP) is 7.64. The minimum absolute atomic E-state index is 1.25. The molecule has 0 fully saturated rings. The first-order valence-electron chi connectivity index (χ1n) is 11.7. The molecule has 0 aliphatic carbocycles. The Labute approximate surface area is 225 Å². The molecule has 0 amide bonds. The third-order valence-electron chi connectivity index (χ3n) is 6.53. The van der Waals surface area contributed by atoms with Crippen LogP contribution in [-0.2, 0) is 10.1 Å². The lowest BCUT2D eigenvalue weighted by molar-refractivity contribution is -0.921. The van der Waals surface area contributed by atoms with Crippen molar-refractivity contribution in [1.29, 1.82) is 0 Å². The summed E-state index contributed by atoms with van der Waals surface area (Å²) in [6, 6.07) is 0. The van der Waals surface area contributed by atoms with Gasteiger partial charge in [0.2, 0.25) is 0 Å². The van der Waals surface area contributed by atoms with Crippen LogP contribution in [0.4, 0.5) is 70.2 Å². The fourth-order valence-corrected chi connectivity index (χ4v) is 3.75. The monoisotopic (exact) mass is 667 g/mol. The van der Waals surface area contributed by atoms with Crippen molar-refractivity contribution < 1.29 is 87.7 Å². The SMILES string of the molecule is CC[N+](CC)(CC)CC.O=S(=O)([O-])C(F)(F)C(F)(F)C(F)(F)C(F)(F)C(F)(F)C(F)(F)C(F)CCCCC(F)(F)F. The minimum Gasteiger partial charge on any atom is -0.743 e. The third kappa shape index (κ3) is 8.44. The molecule has 0 aromatic carbocycles. The van der Waals surface area contributed by atoms with Gasteiger partial charge in [0.05, 0.1) is 26.2 Å². The zero-order chi connectivity index (χ0) is 33.7. The van der Waals surface area contributed by atoms with E-state index < -0.39 is 83.0 Å².